The Kier molecular flexibility index (Phi) is 4.93. The zero-order valence-corrected chi connectivity index (χ0v) is 15.4. The van der Waals surface area contributed by atoms with Crippen molar-refractivity contribution in [3.05, 3.63) is 23.9 Å². The number of phenolic OH excluding ortho intramolecular Hbond substituents is 1. The molecule has 2 bridgehead atoms. The van der Waals surface area contributed by atoms with Gasteiger partial charge in [-0.2, -0.15) is 5.10 Å². The van der Waals surface area contributed by atoms with Gasteiger partial charge in [-0.25, -0.2) is 0 Å². The average Bonchev–Trinajstić information content (AvgIpc) is 2.87. The SMILES string of the molecule is CN1C2CCCC1CC(NC(=O)c1nn(C)c3c(O)cccc13)C2.Cl. The van der Waals surface area contributed by atoms with E-state index in [0.29, 0.717) is 28.7 Å². The average molecular weight is 365 g/mol. The van der Waals surface area contributed by atoms with E-state index in [9.17, 15) is 9.90 Å². The van der Waals surface area contributed by atoms with E-state index in [2.05, 4.69) is 22.4 Å². The van der Waals surface area contributed by atoms with Crippen LogP contribution in [0.1, 0.15) is 42.6 Å². The van der Waals surface area contributed by atoms with Crippen molar-refractivity contribution in [2.24, 2.45) is 7.05 Å². The van der Waals surface area contributed by atoms with Crippen LogP contribution in [-0.2, 0) is 7.05 Å². The normalized spacial score (nSPS) is 26.2. The summed E-state index contributed by atoms with van der Waals surface area (Å²) in [5.74, 6) is 0.00852. The maximum atomic E-state index is 12.8. The van der Waals surface area contributed by atoms with Crippen molar-refractivity contribution in [3.63, 3.8) is 0 Å². The van der Waals surface area contributed by atoms with Crippen LogP contribution in [0.4, 0.5) is 0 Å². The molecule has 6 nitrogen and oxygen atoms in total. The first-order valence-corrected chi connectivity index (χ1v) is 8.72. The number of halogens is 1. The van der Waals surface area contributed by atoms with Gasteiger partial charge in [0.2, 0.25) is 0 Å². The third kappa shape index (κ3) is 3.09. The Labute approximate surface area is 153 Å². The van der Waals surface area contributed by atoms with Gasteiger partial charge in [0.05, 0.1) is 0 Å². The van der Waals surface area contributed by atoms with E-state index in [0.717, 1.165) is 12.8 Å². The molecule has 2 aliphatic heterocycles. The van der Waals surface area contributed by atoms with Crippen LogP contribution < -0.4 is 5.32 Å². The van der Waals surface area contributed by atoms with Crippen molar-refractivity contribution >= 4 is 29.2 Å². The summed E-state index contributed by atoms with van der Waals surface area (Å²) in [6, 6.07) is 6.55. The van der Waals surface area contributed by atoms with Gasteiger partial charge in [-0.05, 0) is 38.8 Å². The van der Waals surface area contributed by atoms with Crippen molar-refractivity contribution in [2.75, 3.05) is 7.05 Å². The zero-order chi connectivity index (χ0) is 16.8. The Morgan fingerprint density at radius 1 is 1.24 bits per heavy atom. The second-order valence-corrected chi connectivity index (χ2v) is 7.19. The number of hydrogen-bond acceptors (Lipinski definition) is 4. The van der Waals surface area contributed by atoms with Crippen LogP contribution in [0.5, 0.6) is 5.75 Å². The van der Waals surface area contributed by atoms with Crippen molar-refractivity contribution < 1.29 is 9.90 Å². The first-order valence-electron chi connectivity index (χ1n) is 8.72. The molecule has 0 radical (unpaired) electrons. The van der Waals surface area contributed by atoms with E-state index in [1.54, 1.807) is 23.9 Å². The van der Waals surface area contributed by atoms with Crippen molar-refractivity contribution in [3.8, 4) is 5.75 Å². The molecule has 136 valence electrons. The number of amides is 1. The van der Waals surface area contributed by atoms with Crippen molar-refractivity contribution in [1.29, 1.82) is 0 Å². The molecule has 1 amide bonds. The number of aryl methyl sites for hydroxylation is 1. The number of nitrogens with zero attached hydrogens (tertiary/aromatic N) is 3. The third-order valence-electron chi connectivity index (χ3n) is 5.73. The van der Waals surface area contributed by atoms with E-state index in [1.807, 2.05) is 6.07 Å². The molecule has 2 atom stereocenters. The Morgan fingerprint density at radius 2 is 1.92 bits per heavy atom. The molecule has 1 aromatic carbocycles. The number of hydrogen-bond donors (Lipinski definition) is 2. The highest BCUT2D eigenvalue weighted by Gasteiger charge is 2.36. The van der Waals surface area contributed by atoms with Gasteiger partial charge in [0, 0.05) is 30.6 Å². The highest BCUT2D eigenvalue weighted by molar-refractivity contribution is 6.06. The summed E-state index contributed by atoms with van der Waals surface area (Å²) in [4.78, 5) is 15.3. The smallest absolute Gasteiger partial charge is 0.272 e. The number of fused-ring (bicyclic) bond motifs is 3. The Morgan fingerprint density at radius 3 is 2.60 bits per heavy atom. The van der Waals surface area contributed by atoms with E-state index in [-0.39, 0.29) is 30.1 Å². The first kappa shape index (κ1) is 18.0. The van der Waals surface area contributed by atoms with E-state index < -0.39 is 0 Å². The summed E-state index contributed by atoms with van der Waals surface area (Å²) < 4.78 is 1.57. The van der Waals surface area contributed by atoms with Gasteiger partial charge in [0.15, 0.2) is 5.69 Å². The fraction of sp³-hybridized carbons (Fsp3) is 0.556. The number of phenols is 1. The molecule has 7 heteroatoms. The van der Waals surface area contributed by atoms with Gasteiger partial charge >= 0.3 is 0 Å². The second kappa shape index (κ2) is 6.84. The monoisotopic (exact) mass is 364 g/mol. The lowest BCUT2D eigenvalue weighted by Gasteiger charge is -2.47. The number of nitrogens with one attached hydrogen (secondary N) is 1. The van der Waals surface area contributed by atoms with Gasteiger partial charge in [0.25, 0.3) is 5.91 Å². The fourth-order valence-corrected chi connectivity index (χ4v) is 4.47. The second-order valence-electron chi connectivity index (χ2n) is 7.19. The largest absolute Gasteiger partial charge is 0.506 e. The molecule has 2 aromatic rings. The molecule has 0 saturated carbocycles. The minimum Gasteiger partial charge on any atom is -0.506 e. The molecule has 1 aromatic heterocycles. The molecular formula is C18H25ClN4O2. The summed E-state index contributed by atoms with van der Waals surface area (Å²) in [7, 11) is 3.96. The molecule has 2 unspecified atom stereocenters. The number of carbonyl (C=O) groups excluding carboxylic acids is 1. The van der Waals surface area contributed by atoms with Crippen LogP contribution in [-0.4, -0.2) is 50.9 Å². The predicted octanol–water partition coefficient (Wildman–Crippen LogP) is 2.45. The van der Waals surface area contributed by atoms with Crippen LogP contribution in [0.2, 0.25) is 0 Å². The molecule has 0 aliphatic carbocycles. The maximum Gasteiger partial charge on any atom is 0.272 e. The highest BCUT2D eigenvalue weighted by Crippen LogP contribution is 2.33. The molecular weight excluding hydrogens is 340 g/mol. The standard InChI is InChI=1S/C18H24N4O2.ClH/c1-21-12-5-3-6-13(21)10-11(9-12)19-18(24)16-14-7-4-8-15(23)17(14)22(2)20-16;/h4,7-8,11-13,23H,3,5-6,9-10H2,1-2H3,(H,19,24);1H. The Balaban J connectivity index is 0.00000182. The fourth-order valence-electron chi connectivity index (χ4n) is 4.47. The Hall–Kier alpha value is -1.79. The predicted molar refractivity (Wildman–Crippen MR) is 99.3 cm³/mol. The summed E-state index contributed by atoms with van der Waals surface area (Å²) in [5, 5.41) is 18.2. The van der Waals surface area contributed by atoms with Crippen LogP contribution >= 0.6 is 12.4 Å². The highest BCUT2D eigenvalue weighted by atomic mass is 35.5. The van der Waals surface area contributed by atoms with E-state index >= 15 is 0 Å². The molecule has 2 saturated heterocycles. The zero-order valence-electron chi connectivity index (χ0n) is 14.6. The Bertz CT molecular complexity index is 777. The van der Waals surface area contributed by atoms with Crippen molar-refractivity contribution in [1.82, 2.24) is 20.0 Å². The summed E-state index contributed by atoms with van der Waals surface area (Å²) >= 11 is 0. The topological polar surface area (TPSA) is 70.4 Å². The number of para-hydroxylation sites is 1. The molecule has 2 aliphatic rings. The molecule has 2 fully saturated rings. The van der Waals surface area contributed by atoms with Gasteiger partial charge in [-0.1, -0.05) is 18.6 Å². The minimum absolute atomic E-state index is 0. The van der Waals surface area contributed by atoms with E-state index in [4.69, 9.17) is 0 Å². The maximum absolute atomic E-state index is 12.8. The summed E-state index contributed by atoms with van der Waals surface area (Å²) in [5.41, 5.74) is 0.996. The number of piperidine rings is 2. The van der Waals surface area contributed by atoms with Crippen LogP contribution in [0.15, 0.2) is 18.2 Å². The van der Waals surface area contributed by atoms with Crippen LogP contribution in [0.25, 0.3) is 10.9 Å². The molecule has 4 rings (SSSR count). The molecule has 2 N–H and O–H groups in total. The lowest BCUT2D eigenvalue weighted by molar-refractivity contribution is 0.0462. The molecule has 0 spiro atoms. The molecule has 3 heterocycles. The van der Waals surface area contributed by atoms with Gasteiger partial charge < -0.3 is 15.3 Å². The molecule has 25 heavy (non-hydrogen) atoms. The lowest BCUT2D eigenvalue weighted by atomic mass is 9.82. The first-order chi connectivity index (χ1) is 11.5. The third-order valence-corrected chi connectivity index (χ3v) is 5.73. The quantitative estimate of drug-likeness (QED) is 0.858. The number of aromatic hydroxyl groups is 1. The minimum atomic E-state index is -0.140. The van der Waals surface area contributed by atoms with Crippen LogP contribution in [0, 0.1) is 0 Å². The lowest BCUT2D eigenvalue weighted by Crippen LogP contribution is -2.55. The summed E-state index contributed by atoms with van der Waals surface area (Å²) in [6.07, 6.45) is 5.76. The van der Waals surface area contributed by atoms with E-state index in [1.165, 1.54) is 19.3 Å². The van der Waals surface area contributed by atoms with Gasteiger partial charge in [-0.15, -0.1) is 12.4 Å². The van der Waals surface area contributed by atoms with Crippen LogP contribution in [0.3, 0.4) is 0 Å². The van der Waals surface area contributed by atoms with Crippen molar-refractivity contribution in [2.45, 2.75) is 50.2 Å². The number of benzene rings is 1. The number of rotatable bonds is 2. The van der Waals surface area contributed by atoms with Gasteiger partial charge in [0.1, 0.15) is 11.3 Å². The number of aromatic nitrogens is 2. The summed E-state index contributed by atoms with van der Waals surface area (Å²) in [6.45, 7) is 0. The number of carbonyl (C=O) groups is 1. The van der Waals surface area contributed by atoms with Gasteiger partial charge in [-0.3, -0.25) is 9.48 Å².